The largest absolute Gasteiger partial charge is 0.495 e. The second-order valence-electron chi connectivity index (χ2n) is 4.41. The quantitative estimate of drug-likeness (QED) is 0.688. The third-order valence-corrected chi connectivity index (χ3v) is 3.54. The Hall–Kier alpha value is -2.11. The molecule has 0 atom stereocenters. The number of hydrogen-bond acceptors (Lipinski definition) is 4. The smallest absolute Gasteiger partial charge is 0.199 e. The van der Waals surface area contributed by atoms with Gasteiger partial charge in [-0.25, -0.2) is 4.98 Å². The van der Waals surface area contributed by atoms with E-state index in [4.69, 9.17) is 28.6 Å². The van der Waals surface area contributed by atoms with Crippen LogP contribution < -0.4 is 10.1 Å². The summed E-state index contributed by atoms with van der Waals surface area (Å²) in [5, 5.41) is 4.73. The lowest BCUT2D eigenvalue weighted by Gasteiger charge is -2.10. The molecule has 1 heterocycles. The highest BCUT2D eigenvalue weighted by molar-refractivity contribution is 7.71. The number of H-pyrrole nitrogens is 1. The fourth-order valence-electron chi connectivity index (χ4n) is 2.08. The minimum atomic E-state index is 0.427. The molecule has 0 bridgehead atoms. The summed E-state index contributed by atoms with van der Waals surface area (Å²) in [6, 6.07) is 13.3. The topological polar surface area (TPSA) is 49.9 Å². The van der Waals surface area contributed by atoms with E-state index in [1.807, 2.05) is 30.3 Å². The van der Waals surface area contributed by atoms with E-state index in [9.17, 15) is 0 Å². The van der Waals surface area contributed by atoms with Crippen molar-refractivity contribution >= 4 is 46.2 Å². The minimum absolute atomic E-state index is 0.427. The van der Waals surface area contributed by atoms with Gasteiger partial charge in [-0.15, -0.1) is 0 Å². The molecule has 1 aromatic heterocycles. The maximum Gasteiger partial charge on any atom is 0.199 e. The molecule has 3 aromatic rings. The van der Waals surface area contributed by atoms with Crippen LogP contribution in [0, 0.1) is 4.77 Å². The Labute approximate surface area is 131 Å². The molecule has 0 aliphatic rings. The lowest BCUT2D eigenvalue weighted by Crippen LogP contribution is -1.97. The van der Waals surface area contributed by atoms with Crippen LogP contribution in [0.4, 0.5) is 11.5 Å². The number of hydrogen-bond donors (Lipinski definition) is 2. The average molecular weight is 318 g/mol. The summed E-state index contributed by atoms with van der Waals surface area (Å²) in [6.07, 6.45) is 0. The van der Waals surface area contributed by atoms with E-state index in [0.29, 0.717) is 21.4 Å². The predicted molar refractivity (Wildman–Crippen MR) is 88.2 cm³/mol. The molecule has 0 saturated carbocycles. The first kappa shape index (κ1) is 13.9. The number of para-hydroxylation sites is 1. The summed E-state index contributed by atoms with van der Waals surface area (Å²) in [6.45, 7) is 0. The van der Waals surface area contributed by atoms with Crippen molar-refractivity contribution < 1.29 is 4.74 Å². The van der Waals surface area contributed by atoms with E-state index >= 15 is 0 Å². The lowest BCUT2D eigenvalue weighted by atomic mass is 10.2. The molecule has 6 heteroatoms. The Bertz CT molecular complexity index is 863. The summed E-state index contributed by atoms with van der Waals surface area (Å²) in [5.74, 6) is 1.32. The van der Waals surface area contributed by atoms with Crippen LogP contribution >= 0.6 is 23.8 Å². The van der Waals surface area contributed by atoms with E-state index < -0.39 is 0 Å². The van der Waals surface area contributed by atoms with Crippen LogP contribution in [0.25, 0.3) is 10.9 Å². The van der Waals surface area contributed by atoms with Gasteiger partial charge in [0.05, 0.1) is 17.6 Å². The summed E-state index contributed by atoms with van der Waals surface area (Å²) in [4.78, 5) is 7.41. The number of ether oxygens (including phenoxy) is 1. The molecule has 106 valence electrons. The van der Waals surface area contributed by atoms with Crippen molar-refractivity contribution in [1.29, 1.82) is 0 Å². The molecule has 3 rings (SSSR count). The fraction of sp³-hybridized carbons (Fsp3) is 0.0667. The van der Waals surface area contributed by atoms with Crippen molar-refractivity contribution in [3.63, 3.8) is 0 Å². The van der Waals surface area contributed by atoms with Crippen molar-refractivity contribution in [2.24, 2.45) is 0 Å². The molecule has 0 saturated heterocycles. The fourth-order valence-corrected chi connectivity index (χ4v) is 2.54. The van der Waals surface area contributed by atoms with Gasteiger partial charge in [-0.2, -0.15) is 0 Å². The van der Waals surface area contributed by atoms with E-state index in [1.165, 1.54) is 0 Å². The van der Waals surface area contributed by atoms with Crippen LogP contribution in [0.3, 0.4) is 0 Å². The first-order chi connectivity index (χ1) is 10.2. The first-order valence-electron chi connectivity index (χ1n) is 6.27. The molecule has 0 radical (unpaired) electrons. The molecule has 0 aliphatic carbocycles. The average Bonchev–Trinajstić information content (AvgIpc) is 2.47. The van der Waals surface area contributed by atoms with Gasteiger partial charge in [0.25, 0.3) is 0 Å². The molecule has 0 amide bonds. The zero-order valence-corrected chi connectivity index (χ0v) is 12.8. The molecule has 0 spiro atoms. The Balaban J connectivity index is 2.05. The summed E-state index contributed by atoms with van der Waals surface area (Å²) in [5.41, 5.74) is 1.75. The Kier molecular flexibility index (Phi) is 3.77. The van der Waals surface area contributed by atoms with Gasteiger partial charge in [-0.3, -0.25) is 0 Å². The number of fused-ring (bicyclic) bond motifs is 1. The van der Waals surface area contributed by atoms with Crippen LogP contribution in [-0.2, 0) is 0 Å². The standard InChI is InChI=1S/C15H12ClN3OS/c1-20-13-7-6-9(8-11(13)16)17-14-10-4-2-3-5-12(10)18-15(21)19-14/h2-8H,1H3,(H2,17,18,19,21). The molecule has 0 fully saturated rings. The highest BCUT2D eigenvalue weighted by Gasteiger charge is 2.06. The highest BCUT2D eigenvalue weighted by atomic mass is 35.5. The van der Waals surface area contributed by atoms with Crippen LogP contribution in [0.1, 0.15) is 0 Å². The molecule has 21 heavy (non-hydrogen) atoms. The normalized spacial score (nSPS) is 10.6. The minimum Gasteiger partial charge on any atom is -0.495 e. The van der Waals surface area contributed by atoms with Gasteiger partial charge in [0.15, 0.2) is 4.77 Å². The van der Waals surface area contributed by atoms with Crippen LogP contribution in [0.5, 0.6) is 5.75 Å². The number of nitrogens with one attached hydrogen (secondary N) is 2. The number of nitrogens with zero attached hydrogens (tertiary/aromatic N) is 1. The van der Waals surface area contributed by atoms with E-state index in [-0.39, 0.29) is 0 Å². The summed E-state index contributed by atoms with van der Waals surface area (Å²) < 4.78 is 5.57. The van der Waals surface area contributed by atoms with Crippen LogP contribution in [0.15, 0.2) is 42.5 Å². The number of rotatable bonds is 3. The number of benzene rings is 2. The van der Waals surface area contributed by atoms with Gasteiger partial charge in [-0.1, -0.05) is 23.7 Å². The van der Waals surface area contributed by atoms with Crippen molar-refractivity contribution in [3.8, 4) is 5.75 Å². The first-order valence-corrected chi connectivity index (χ1v) is 7.05. The summed E-state index contributed by atoms with van der Waals surface area (Å²) >= 11 is 11.3. The Morgan fingerprint density at radius 2 is 2.05 bits per heavy atom. The summed E-state index contributed by atoms with van der Waals surface area (Å²) in [7, 11) is 1.58. The molecule has 0 aliphatic heterocycles. The number of halogens is 1. The molecular formula is C15H12ClN3OS. The number of aromatic nitrogens is 2. The zero-order valence-electron chi connectivity index (χ0n) is 11.2. The second-order valence-corrected chi connectivity index (χ2v) is 5.20. The van der Waals surface area contributed by atoms with Crippen LogP contribution in [0.2, 0.25) is 5.02 Å². The van der Waals surface area contributed by atoms with E-state index in [1.54, 1.807) is 19.2 Å². The number of methoxy groups -OCH3 is 1. The predicted octanol–water partition coefficient (Wildman–Crippen LogP) is 4.70. The Morgan fingerprint density at radius 3 is 2.81 bits per heavy atom. The van der Waals surface area contributed by atoms with Gasteiger partial charge in [0.2, 0.25) is 0 Å². The second kappa shape index (κ2) is 5.71. The van der Waals surface area contributed by atoms with Crippen molar-refractivity contribution in [1.82, 2.24) is 9.97 Å². The maximum absolute atomic E-state index is 6.13. The van der Waals surface area contributed by atoms with Gasteiger partial charge < -0.3 is 15.0 Å². The SMILES string of the molecule is COc1ccc(Nc2nc(=S)[nH]c3ccccc23)cc1Cl. The van der Waals surface area contributed by atoms with Crippen molar-refractivity contribution in [3.05, 3.63) is 52.3 Å². The molecule has 4 nitrogen and oxygen atoms in total. The Morgan fingerprint density at radius 1 is 1.24 bits per heavy atom. The third-order valence-electron chi connectivity index (χ3n) is 3.05. The molecule has 2 aromatic carbocycles. The molecule has 0 unspecified atom stereocenters. The lowest BCUT2D eigenvalue weighted by molar-refractivity contribution is 0.415. The van der Waals surface area contributed by atoms with E-state index in [0.717, 1.165) is 16.6 Å². The zero-order chi connectivity index (χ0) is 14.8. The maximum atomic E-state index is 6.13. The van der Waals surface area contributed by atoms with Crippen LogP contribution in [-0.4, -0.2) is 17.1 Å². The number of aromatic amines is 1. The number of anilines is 2. The van der Waals surface area contributed by atoms with Gasteiger partial charge in [0.1, 0.15) is 11.6 Å². The van der Waals surface area contributed by atoms with Crippen molar-refractivity contribution in [2.45, 2.75) is 0 Å². The van der Waals surface area contributed by atoms with E-state index in [2.05, 4.69) is 15.3 Å². The van der Waals surface area contributed by atoms with Gasteiger partial charge >= 0.3 is 0 Å². The van der Waals surface area contributed by atoms with Crippen molar-refractivity contribution in [2.75, 3.05) is 12.4 Å². The molecular weight excluding hydrogens is 306 g/mol. The molecule has 2 N–H and O–H groups in total. The van der Waals surface area contributed by atoms with Gasteiger partial charge in [0, 0.05) is 11.1 Å². The third kappa shape index (κ3) is 2.84. The van der Waals surface area contributed by atoms with Gasteiger partial charge in [-0.05, 0) is 42.5 Å². The highest BCUT2D eigenvalue weighted by Crippen LogP contribution is 2.30. The monoisotopic (exact) mass is 317 g/mol.